The highest BCUT2D eigenvalue weighted by atomic mass is 16.5. The summed E-state index contributed by atoms with van der Waals surface area (Å²) in [7, 11) is 0. The van der Waals surface area contributed by atoms with Gasteiger partial charge in [0.1, 0.15) is 0 Å². The molecule has 1 N–H and O–H groups in total. The van der Waals surface area contributed by atoms with Gasteiger partial charge in [0.2, 0.25) is 0 Å². The first-order chi connectivity index (χ1) is 8.35. The minimum Gasteiger partial charge on any atom is -0.395 e. The zero-order valence-corrected chi connectivity index (χ0v) is 9.88. The molecule has 1 aliphatic carbocycles. The van der Waals surface area contributed by atoms with E-state index in [0.717, 1.165) is 12.0 Å². The van der Waals surface area contributed by atoms with Crippen molar-refractivity contribution in [2.75, 3.05) is 13.2 Å². The van der Waals surface area contributed by atoms with Crippen LogP contribution in [0, 0.1) is 5.41 Å². The summed E-state index contributed by atoms with van der Waals surface area (Å²) >= 11 is 0. The van der Waals surface area contributed by atoms with Gasteiger partial charge in [0.05, 0.1) is 25.2 Å². The first-order valence-electron chi connectivity index (χ1n) is 5.93. The van der Waals surface area contributed by atoms with Crippen molar-refractivity contribution in [2.45, 2.75) is 13.0 Å². The van der Waals surface area contributed by atoms with Gasteiger partial charge < -0.3 is 9.84 Å². The molecule has 17 heavy (non-hydrogen) atoms. The topological polar surface area (TPSA) is 29.5 Å². The summed E-state index contributed by atoms with van der Waals surface area (Å²) in [4.78, 5) is 0. The summed E-state index contributed by atoms with van der Waals surface area (Å²) in [5, 5.41) is 9.46. The Kier molecular flexibility index (Phi) is 4.13. The second-order valence-corrected chi connectivity index (χ2v) is 4.41. The Balaban J connectivity index is 1.87. The van der Waals surface area contributed by atoms with Gasteiger partial charge >= 0.3 is 0 Å². The van der Waals surface area contributed by atoms with Gasteiger partial charge in [0.25, 0.3) is 0 Å². The third-order valence-electron chi connectivity index (χ3n) is 2.95. The monoisotopic (exact) mass is 230 g/mol. The Bertz CT molecular complexity index is 381. The number of aliphatic hydroxyl groups is 1. The molecular formula is C15H18O2. The molecule has 2 nitrogen and oxygen atoms in total. The molecule has 0 saturated carbocycles. The summed E-state index contributed by atoms with van der Waals surface area (Å²) in [5.41, 5.74) is 0.830. The standard InChI is InChI=1S/C15H18O2/c16-12-15(9-5-2-6-10-15)13-17-11-14-7-3-1-4-8-14/h1,3-10,16H,2,11-13H2. The van der Waals surface area contributed by atoms with Crippen LogP contribution < -0.4 is 0 Å². The second-order valence-electron chi connectivity index (χ2n) is 4.41. The molecule has 0 atom stereocenters. The fourth-order valence-electron chi connectivity index (χ4n) is 1.92. The van der Waals surface area contributed by atoms with Crippen molar-refractivity contribution in [2.24, 2.45) is 5.41 Å². The Morgan fingerprint density at radius 2 is 1.82 bits per heavy atom. The molecule has 0 heterocycles. The van der Waals surface area contributed by atoms with Crippen molar-refractivity contribution in [3.05, 3.63) is 60.2 Å². The maximum Gasteiger partial charge on any atom is 0.0717 e. The van der Waals surface area contributed by atoms with Crippen LogP contribution in [0.5, 0.6) is 0 Å². The lowest BCUT2D eigenvalue weighted by atomic mass is 9.86. The summed E-state index contributed by atoms with van der Waals surface area (Å²) in [6.45, 7) is 1.20. The normalized spacial score (nSPS) is 17.2. The molecule has 2 rings (SSSR count). The van der Waals surface area contributed by atoms with Crippen LogP contribution in [0.3, 0.4) is 0 Å². The van der Waals surface area contributed by atoms with E-state index < -0.39 is 0 Å². The van der Waals surface area contributed by atoms with Crippen molar-refractivity contribution < 1.29 is 9.84 Å². The van der Waals surface area contributed by atoms with Gasteiger partial charge in [-0.2, -0.15) is 0 Å². The zero-order chi connectivity index (χ0) is 12.0. The van der Waals surface area contributed by atoms with Crippen LogP contribution in [0.4, 0.5) is 0 Å². The van der Waals surface area contributed by atoms with Gasteiger partial charge in [-0.1, -0.05) is 54.6 Å². The number of rotatable bonds is 5. The lowest BCUT2D eigenvalue weighted by Crippen LogP contribution is -2.27. The van der Waals surface area contributed by atoms with Crippen molar-refractivity contribution in [3.8, 4) is 0 Å². The zero-order valence-electron chi connectivity index (χ0n) is 9.88. The van der Waals surface area contributed by atoms with Gasteiger partial charge in [0, 0.05) is 0 Å². The molecule has 0 unspecified atom stereocenters. The Morgan fingerprint density at radius 1 is 1.12 bits per heavy atom. The molecule has 0 aliphatic heterocycles. The van der Waals surface area contributed by atoms with E-state index in [1.54, 1.807) is 0 Å². The van der Waals surface area contributed by atoms with Crippen LogP contribution in [0.15, 0.2) is 54.6 Å². The number of aliphatic hydroxyl groups excluding tert-OH is 1. The highest BCUT2D eigenvalue weighted by Gasteiger charge is 2.24. The predicted molar refractivity (Wildman–Crippen MR) is 68.5 cm³/mol. The molecule has 0 radical (unpaired) electrons. The van der Waals surface area contributed by atoms with Crippen LogP contribution in [-0.2, 0) is 11.3 Å². The number of benzene rings is 1. The highest BCUT2D eigenvalue weighted by Crippen LogP contribution is 2.25. The van der Waals surface area contributed by atoms with Gasteiger partial charge in [-0.15, -0.1) is 0 Å². The van der Waals surface area contributed by atoms with E-state index in [-0.39, 0.29) is 12.0 Å². The number of allylic oxidation sites excluding steroid dienone is 2. The largest absolute Gasteiger partial charge is 0.395 e. The first kappa shape index (κ1) is 12.1. The van der Waals surface area contributed by atoms with Crippen LogP contribution >= 0.6 is 0 Å². The van der Waals surface area contributed by atoms with E-state index in [1.807, 2.05) is 42.5 Å². The lowest BCUT2D eigenvalue weighted by molar-refractivity contribution is 0.0478. The molecule has 2 heteroatoms. The number of hydrogen-bond acceptors (Lipinski definition) is 2. The average molecular weight is 230 g/mol. The molecule has 0 aromatic heterocycles. The first-order valence-corrected chi connectivity index (χ1v) is 5.93. The summed E-state index contributed by atoms with van der Waals surface area (Å²) in [5.74, 6) is 0. The summed E-state index contributed by atoms with van der Waals surface area (Å²) in [6, 6.07) is 10.1. The van der Waals surface area contributed by atoms with E-state index in [0.29, 0.717) is 13.2 Å². The third kappa shape index (κ3) is 3.29. The lowest BCUT2D eigenvalue weighted by Gasteiger charge is -2.26. The third-order valence-corrected chi connectivity index (χ3v) is 2.95. The van der Waals surface area contributed by atoms with E-state index >= 15 is 0 Å². The molecule has 1 aromatic rings. The molecule has 1 aliphatic rings. The van der Waals surface area contributed by atoms with Crippen molar-refractivity contribution >= 4 is 0 Å². The maximum atomic E-state index is 9.46. The molecule has 1 aromatic carbocycles. The predicted octanol–water partition coefficient (Wildman–Crippen LogP) is 2.70. The van der Waals surface area contributed by atoms with Gasteiger partial charge in [-0.3, -0.25) is 0 Å². The summed E-state index contributed by atoms with van der Waals surface area (Å²) < 4.78 is 5.69. The molecule has 90 valence electrons. The van der Waals surface area contributed by atoms with Crippen LogP contribution in [0.25, 0.3) is 0 Å². The van der Waals surface area contributed by atoms with Crippen LogP contribution in [-0.4, -0.2) is 18.3 Å². The minimum absolute atomic E-state index is 0.0921. The maximum absolute atomic E-state index is 9.46. The van der Waals surface area contributed by atoms with Crippen molar-refractivity contribution in [3.63, 3.8) is 0 Å². The molecule has 0 saturated heterocycles. The smallest absolute Gasteiger partial charge is 0.0717 e. The van der Waals surface area contributed by atoms with Crippen molar-refractivity contribution in [1.29, 1.82) is 0 Å². The van der Waals surface area contributed by atoms with E-state index in [4.69, 9.17) is 4.74 Å². The van der Waals surface area contributed by atoms with Crippen molar-refractivity contribution in [1.82, 2.24) is 0 Å². The quantitative estimate of drug-likeness (QED) is 0.788. The molecule has 0 fully saturated rings. The molecule has 0 bridgehead atoms. The Morgan fingerprint density at radius 3 is 2.47 bits per heavy atom. The minimum atomic E-state index is -0.326. The fourth-order valence-corrected chi connectivity index (χ4v) is 1.92. The Hall–Kier alpha value is -1.38. The van der Waals surface area contributed by atoms with Crippen LogP contribution in [0.2, 0.25) is 0 Å². The Labute approximate surface area is 102 Å². The highest BCUT2D eigenvalue weighted by molar-refractivity contribution is 5.18. The number of hydrogen-bond donors (Lipinski definition) is 1. The van der Waals surface area contributed by atoms with Crippen LogP contribution in [0.1, 0.15) is 12.0 Å². The van der Waals surface area contributed by atoms with E-state index in [1.165, 1.54) is 0 Å². The summed E-state index contributed by atoms with van der Waals surface area (Å²) in [6.07, 6.45) is 9.17. The van der Waals surface area contributed by atoms with Gasteiger partial charge in [-0.25, -0.2) is 0 Å². The fraction of sp³-hybridized carbons (Fsp3) is 0.333. The van der Waals surface area contributed by atoms with E-state index in [9.17, 15) is 5.11 Å². The molecule has 0 amide bonds. The average Bonchev–Trinajstić information content (AvgIpc) is 2.41. The SMILES string of the molecule is OCC1(COCc2ccccc2)C=CCC=C1. The van der Waals surface area contributed by atoms with E-state index in [2.05, 4.69) is 12.2 Å². The van der Waals surface area contributed by atoms with Gasteiger partial charge in [-0.05, 0) is 12.0 Å². The van der Waals surface area contributed by atoms with Gasteiger partial charge in [0.15, 0.2) is 0 Å². The molecule has 0 spiro atoms. The molecular weight excluding hydrogens is 212 g/mol. The number of ether oxygens (including phenoxy) is 1. The second kappa shape index (κ2) is 5.80.